The molecule has 0 saturated heterocycles. The van der Waals surface area contributed by atoms with E-state index in [1.807, 2.05) is 24.5 Å². The fourth-order valence-corrected chi connectivity index (χ4v) is 2.03. The van der Waals surface area contributed by atoms with E-state index in [2.05, 4.69) is 35.9 Å². The van der Waals surface area contributed by atoms with Crippen molar-refractivity contribution < 1.29 is 16.5 Å². The molecule has 0 aromatic carbocycles. The van der Waals surface area contributed by atoms with Crippen molar-refractivity contribution in [2.24, 2.45) is 0 Å². The van der Waals surface area contributed by atoms with Crippen molar-refractivity contribution in [1.29, 1.82) is 0 Å². The van der Waals surface area contributed by atoms with Crippen LogP contribution in [-0.2, 0) is 29.3 Å². The van der Waals surface area contributed by atoms with Gasteiger partial charge in [0.25, 0.3) is 0 Å². The number of nitrogens with zero attached hydrogens (tertiary/aromatic N) is 2. The van der Waals surface area contributed by atoms with E-state index in [0.29, 0.717) is 0 Å². The van der Waals surface area contributed by atoms with E-state index in [-0.39, 0.29) is 0 Å². The molecule has 2 rings (SSSR count). The molecule has 0 atom stereocenters. The first-order valence-corrected chi connectivity index (χ1v) is 12.0. The van der Waals surface area contributed by atoms with Crippen LogP contribution in [-0.4, -0.2) is 9.97 Å². The molecule has 0 N–H and O–H groups in total. The molecule has 5 heteroatoms. The predicted molar refractivity (Wildman–Crippen MR) is 81.7 cm³/mol. The van der Waals surface area contributed by atoms with E-state index in [1.165, 1.54) is 11.1 Å². The minimum absolute atomic E-state index is 0.472. The molecule has 0 fully saturated rings. The third-order valence-electron chi connectivity index (χ3n) is 3.12. The second-order valence-electron chi connectivity index (χ2n) is 4.39. The molecule has 0 aliphatic carbocycles. The molecule has 2 aromatic rings. The number of pyridine rings is 2. The molecule has 0 unspecified atom stereocenters. The van der Waals surface area contributed by atoms with Gasteiger partial charge in [0.2, 0.25) is 0 Å². The third-order valence-corrected chi connectivity index (χ3v) is 3.12. The number of aryl methyl sites for hydroxylation is 4. The van der Waals surface area contributed by atoms with Gasteiger partial charge in [-0.25, -0.2) is 0 Å². The molecule has 0 amide bonds. The van der Waals surface area contributed by atoms with Crippen molar-refractivity contribution >= 4 is 18.8 Å². The SMILES string of the molecule is Cc1ncccc1CCCc1cccnc1C.[Cl][Pt][Cl]. The molecule has 0 saturated carbocycles. The first-order valence-electron chi connectivity index (χ1n) is 6.32. The number of halogens is 2. The van der Waals surface area contributed by atoms with Crippen LogP contribution < -0.4 is 0 Å². The maximum atomic E-state index is 4.88. The van der Waals surface area contributed by atoms with E-state index in [1.54, 1.807) is 0 Å². The zero-order chi connectivity index (χ0) is 14.8. The second-order valence-corrected chi connectivity index (χ2v) is 7.68. The molecule has 0 spiro atoms. The summed E-state index contributed by atoms with van der Waals surface area (Å²) in [6.07, 6.45) is 7.04. The standard InChI is InChI=1S/C15H18N2.2ClH.Pt/c1-12-14(8-4-10-16-12)6-3-7-15-9-5-11-17-13(15)2;;;/h4-5,8-11H,3,6-7H2,1-2H3;2*1H;/q;;;+2/p-2. The van der Waals surface area contributed by atoms with E-state index >= 15 is 0 Å². The summed E-state index contributed by atoms with van der Waals surface area (Å²) in [5.41, 5.74) is 5.01. The van der Waals surface area contributed by atoms with Gasteiger partial charge in [-0.1, -0.05) is 12.1 Å². The van der Waals surface area contributed by atoms with Crippen LogP contribution in [0, 0.1) is 13.8 Å². The maximum absolute atomic E-state index is 4.88. The first kappa shape index (κ1) is 17.6. The van der Waals surface area contributed by atoms with Crippen molar-refractivity contribution in [3.8, 4) is 0 Å². The van der Waals surface area contributed by atoms with Crippen LogP contribution in [0.3, 0.4) is 0 Å². The Labute approximate surface area is 137 Å². The molecule has 0 radical (unpaired) electrons. The molecule has 2 aromatic heterocycles. The Hall–Kier alpha value is -0.432. The van der Waals surface area contributed by atoms with Gasteiger partial charge < -0.3 is 0 Å². The Morgan fingerprint density at radius 2 is 1.30 bits per heavy atom. The van der Waals surface area contributed by atoms with Crippen LogP contribution in [0.2, 0.25) is 0 Å². The average molecular weight is 492 g/mol. The van der Waals surface area contributed by atoms with Gasteiger partial charge in [0.05, 0.1) is 0 Å². The van der Waals surface area contributed by atoms with E-state index in [9.17, 15) is 0 Å². The van der Waals surface area contributed by atoms with Crippen LogP contribution in [0.5, 0.6) is 0 Å². The molecule has 20 heavy (non-hydrogen) atoms. The van der Waals surface area contributed by atoms with Crippen LogP contribution in [0.25, 0.3) is 0 Å². The Morgan fingerprint density at radius 1 is 0.900 bits per heavy atom. The molecule has 0 aliphatic heterocycles. The fraction of sp³-hybridized carbons (Fsp3) is 0.333. The van der Waals surface area contributed by atoms with Crippen LogP contribution >= 0.6 is 18.8 Å². The van der Waals surface area contributed by atoms with Gasteiger partial charge in [0.15, 0.2) is 0 Å². The van der Waals surface area contributed by atoms with Gasteiger partial charge in [0, 0.05) is 23.8 Å². The van der Waals surface area contributed by atoms with E-state index in [0.717, 1.165) is 30.7 Å². The fourth-order valence-electron chi connectivity index (χ4n) is 2.03. The summed E-state index contributed by atoms with van der Waals surface area (Å²) >= 11 is -0.472. The van der Waals surface area contributed by atoms with Gasteiger partial charge >= 0.3 is 35.3 Å². The first-order chi connectivity index (χ1) is 9.69. The summed E-state index contributed by atoms with van der Waals surface area (Å²) in [6.45, 7) is 4.15. The van der Waals surface area contributed by atoms with Gasteiger partial charge in [-0.05, 0) is 56.4 Å². The molecule has 2 nitrogen and oxygen atoms in total. The van der Waals surface area contributed by atoms with Crippen LogP contribution in [0.4, 0.5) is 0 Å². The van der Waals surface area contributed by atoms with Crippen molar-refractivity contribution in [2.45, 2.75) is 33.1 Å². The minimum atomic E-state index is -0.472. The molecule has 2 heterocycles. The zero-order valence-electron chi connectivity index (χ0n) is 11.6. The normalized spacial score (nSPS) is 10.0. The molecule has 112 valence electrons. The van der Waals surface area contributed by atoms with Gasteiger partial charge in [-0.2, -0.15) is 0 Å². The van der Waals surface area contributed by atoms with Gasteiger partial charge in [0.1, 0.15) is 0 Å². The number of rotatable bonds is 4. The Kier molecular flexibility index (Phi) is 9.09. The van der Waals surface area contributed by atoms with Crippen molar-refractivity contribution in [3.63, 3.8) is 0 Å². The summed E-state index contributed by atoms with van der Waals surface area (Å²) in [7, 11) is 9.75. The van der Waals surface area contributed by atoms with E-state index < -0.39 is 16.5 Å². The van der Waals surface area contributed by atoms with Crippen molar-refractivity contribution in [1.82, 2.24) is 9.97 Å². The van der Waals surface area contributed by atoms with Crippen molar-refractivity contribution in [3.05, 3.63) is 59.2 Å². The monoisotopic (exact) mass is 491 g/mol. The summed E-state index contributed by atoms with van der Waals surface area (Å²) in [5, 5.41) is 0. The zero-order valence-corrected chi connectivity index (χ0v) is 15.3. The van der Waals surface area contributed by atoms with Crippen LogP contribution in [0.15, 0.2) is 36.7 Å². The summed E-state index contributed by atoms with van der Waals surface area (Å²) < 4.78 is 0. The van der Waals surface area contributed by atoms with Gasteiger partial charge in [-0.15, -0.1) is 0 Å². The topological polar surface area (TPSA) is 25.8 Å². The third kappa shape index (κ3) is 6.35. The number of hydrogen-bond acceptors (Lipinski definition) is 2. The summed E-state index contributed by atoms with van der Waals surface area (Å²) in [6, 6.07) is 8.35. The van der Waals surface area contributed by atoms with Gasteiger partial charge in [-0.3, -0.25) is 9.97 Å². The Morgan fingerprint density at radius 3 is 1.65 bits per heavy atom. The summed E-state index contributed by atoms with van der Waals surface area (Å²) in [4.78, 5) is 8.62. The molecular weight excluding hydrogens is 474 g/mol. The van der Waals surface area contributed by atoms with Crippen LogP contribution in [0.1, 0.15) is 28.9 Å². The van der Waals surface area contributed by atoms with Crippen molar-refractivity contribution in [2.75, 3.05) is 0 Å². The number of aromatic nitrogens is 2. The molecule has 0 aliphatic rings. The summed E-state index contributed by atoms with van der Waals surface area (Å²) in [5.74, 6) is 0. The molecular formula is C15H18Cl2N2Pt. The second kappa shape index (κ2) is 10.3. The average Bonchev–Trinajstić information content (AvgIpc) is 2.44. The van der Waals surface area contributed by atoms with E-state index in [4.69, 9.17) is 18.8 Å². The number of hydrogen-bond donors (Lipinski definition) is 0. The quantitative estimate of drug-likeness (QED) is 0.622. The molecule has 0 bridgehead atoms. The Balaban J connectivity index is 0.000000612. The predicted octanol–water partition coefficient (Wildman–Crippen LogP) is 4.65. The Bertz CT molecular complexity index is 475.